The van der Waals surface area contributed by atoms with Crippen molar-refractivity contribution >= 4 is 28.6 Å². The van der Waals surface area contributed by atoms with E-state index in [2.05, 4.69) is 33.8 Å². The molecule has 1 aliphatic carbocycles. The number of H-pyrrole nitrogens is 1. The number of piperidine rings is 1. The summed E-state index contributed by atoms with van der Waals surface area (Å²) in [6.07, 6.45) is 1.35. The van der Waals surface area contributed by atoms with Gasteiger partial charge in [0.1, 0.15) is 22.7 Å². The number of aromatic nitrogens is 6. The zero-order chi connectivity index (χ0) is 32.8. The summed E-state index contributed by atoms with van der Waals surface area (Å²) in [4.78, 5) is 41.2. The number of ether oxygens (including phenoxy) is 1. The van der Waals surface area contributed by atoms with Crippen LogP contribution in [-0.2, 0) is 15.7 Å². The van der Waals surface area contributed by atoms with Gasteiger partial charge >= 0.3 is 12.1 Å². The third kappa shape index (κ3) is 6.76. The number of aliphatic carboxylic acids is 1. The highest BCUT2D eigenvalue weighted by atomic mass is 19.4. The zero-order valence-electron chi connectivity index (χ0n) is 26.2. The minimum Gasteiger partial charge on any atom is -0.481 e. The van der Waals surface area contributed by atoms with Crippen molar-refractivity contribution in [3.8, 4) is 22.8 Å². The number of nitrogens with one attached hydrogen (secondary N) is 1. The molecule has 1 saturated carbocycles. The van der Waals surface area contributed by atoms with E-state index in [4.69, 9.17) is 14.7 Å². The first-order valence-corrected chi connectivity index (χ1v) is 15.3. The number of carboxylic acids is 1. The van der Waals surface area contributed by atoms with Gasteiger partial charge in [-0.25, -0.2) is 24.9 Å². The Morgan fingerprint density at radius 2 is 1.78 bits per heavy atom. The number of pyridine rings is 2. The molecule has 14 heteroatoms. The molecule has 0 spiro atoms. The summed E-state index contributed by atoms with van der Waals surface area (Å²) < 4.78 is 47.1. The van der Waals surface area contributed by atoms with Gasteiger partial charge in [0.25, 0.3) is 0 Å². The van der Waals surface area contributed by atoms with Crippen LogP contribution in [-0.4, -0.2) is 81.4 Å². The number of hydrogen-bond acceptors (Lipinski definition) is 9. The lowest BCUT2D eigenvalue weighted by molar-refractivity contribution is -0.142. The average Bonchev–Trinajstić information content (AvgIpc) is 3.78. The van der Waals surface area contributed by atoms with Crippen molar-refractivity contribution in [2.45, 2.75) is 51.6 Å². The molecule has 4 aromatic heterocycles. The Bertz CT molecular complexity index is 1730. The molecule has 0 amide bonds. The molecule has 4 aromatic rings. The van der Waals surface area contributed by atoms with Gasteiger partial charge in [-0.3, -0.25) is 4.79 Å². The van der Waals surface area contributed by atoms with Crippen molar-refractivity contribution in [1.82, 2.24) is 29.9 Å². The molecule has 0 bridgehead atoms. The molecule has 0 radical (unpaired) electrons. The predicted molar refractivity (Wildman–Crippen MR) is 167 cm³/mol. The Morgan fingerprint density at radius 1 is 1.04 bits per heavy atom. The summed E-state index contributed by atoms with van der Waals surface area (Å²) >= 11 is 0. The monoisotopic (exact) mass is 638 g/mol. The maximum Gasteiger partial charge on any atom is 0.433 e. The second-order valence-electron chi connectivity index (χ2n) is 13.1. The molecule has 2 fully saturated rings. The van der Waals surface area contributed by atoms with E-state index >= 15 is 0 Å². The van der Waals surface area contributed by atoms with Crippen LogP contribution in [0.2, 0.25) is 0 Å². The van der Waals surface area contributed by atoms with E-state index in [0.717, 1.165) is 18.9 Å². The molecule has 2 N–H and O–H groups in total. The van der Waals surface area contributed by atoms with E-state index in [1.807, 2.05) is 16.8 Å². The summed E-state index contributed by atoms with van der Waals surface area (Å²) in [6.45, 7) is 6.39. The first-order chi connectivity index (χ1) is 21.8. The molecule has 244 valence electrons. The Hall–Kier alpha value is -4.33. The Labute approximate surface area is 264 Å². The number of methoxy groups -OCH3 is 1. The van der Waals surface area contributed by atoms with E-state index < -0.39 is 17.8 Å². The third-order valence-electron chi connectivity index (χ3n) is 8.53. The van der Waals surface area contributed by atoms with Crippen LogP contribution < -0.4 is 9.80 Å². The number of anilines is 2. The Morgan fingerprint density at radius 3 is 2.39 bits per heavy atom. The second-order valence-corrected chi connectivity index (χ2v) is 13.1. The number of hydrogen-bond donors (Lipinski definition) is 2. The largest absolute Gasteiger partial charge is 0.481 e. The number of halogens is 3. The van der Waals surface area contributed by atoms with Crippen LogP contribution in [0.4, 0.5) is 24.7 Å². The molecule has 6 rings (SSSR count). The average molecular weight is 639 g/mol. The van der Waals surface area contributed by atoms with Gasteiger partial charge in [0, 0.05) is 56.4 Å². The standard InChI is InChI=1S/C32H37F3N8O3/c1-31(2,17-46-4)16-42(3)24-13-22(20-11-21(18-5-6-18)38-25(12-20)32(33,34)35)39-29-27(24)40-28(41-29)23-14-37-26(15-36-23)43-9-7-19(8-10-43)30(44)45/h11-15,18-19H,5-10,16-17H2,1-4H3,(H,44,45)(H,39,40,41). The lowest BCUT2D eigenvalue weighted by atomic mass is 9.94. The number of alkyl halides is 3. The van der Waals surface area contributed by atoms with Gasteiger partial charge in [0.05, 0.1) is 36.3 Å². The SMILES string of the molecule is COCC(C)(C)CN(C)c1cc(-c2cc(C3CC3)nc(C(F)(F)F)c2)nc2nc(-c3cnc(N4CCC(C(=O)O)CC4)cn3)[nH]c12. The highest BCUT2D eigenvalue weighted by Gasteiger charge is 2.36. The van der Waals surface area contributed by atoms with E-state index in [9.17, 15) is 23.1 Å². The molecular weight excluding hydrogens is 601 g/mol. The van der Waals surface area contributed by atoms with Gasteiger partial charge in [0.2, 0.25) is 0 Å². The van der Waals surface area contributed by atoms with E-state index in [-0.39, 0.29) is 17.3 Å². The minimum atomic E-state index is -4.59. The molecule has 5 heterocycles. The number of carbonyl (C=O) groups is 1. The minimum absolute atomic E-state index is 0.0174. The maximum atomic E-state index is 13.9. The highest BCUT2D eigenvalue weighted by Crippen LogP contribution is 2.42. The summed E-state index contributed by atoms with van der Waals surface area (Å²) in [6, 6.07) is 4.54. The molecule has 2 aliphatic rings. The van der Waals surface area contributed by atoms with Crippen molar-refractivity contribution in [1.29, 1.82) is 0 Å². The van der Waals surface area contributed by atoms with Crippen molar-refractivity contribution in [2.24, 2.45) is 11.3 Å². The van der Waals surface area contributed by atoms with Crippen LogP contribution in [0.1, 0.15) is 56.8 Å². The van der Waals surface area contributed by atoms with Crippen LogP contribution in [0.25, 0.3) is 33.9 Å². The quantitative estimate of drug-likeness (QED) is 0.220. The molecule has 0 atom stereocenters. The van der Waals surface area contributed by atoms with Crippen LogP contribution in [0, 0.1) is 11.3 Å². The summed E-state index contributed by atoms with van der Waals surface area (Å²) in [7, 11) is 3.57. The Kier molecular flexibility index (Phi) is 8.34. The number of imidazole rings is 1. The third-order valence-corrected chi connectivity index (χ3v) is 8.53. The normalized spacial score (nSPS) is 16.3. The fourth-order valence-electron chi connectivity index (χ4n) is 6.10. The van der Waals surface area contributed by atoms with Gasteiger partial charge in [0.15, 0.2) is 11.5 Å². The van der Waals surface area contributed by atoms with E-state index in [1.165, 1.54) is 0 Å². The Balaban J connectivity index is 1.38. The molecule has 1 aliphatic heterocycles. The number of nitrogens with zero attached hydrogens (tertiary/aromatic N) is 7. The molecule has 46 heavy (non-hydrogen) atoms. The van der Waals surface area contributed by atoms with Crippen LogP contribution in [0.15, 0.2) is 30.6 Å². The second kappa shape index (κ2) is 12.1. The van der Waals surface area contributed by atoms with Crippen LogP contribution in [0.5, 0.6) is 0 Å². The van der Waals surface area contributed by atoms with Gasteiger partial charge in [-0.1, -0.05) is 13.8 Å². The van der Waals surface area contributed by atoms with E-state index in [0.29, 0.717) is 90.2 Å². The van der Waals surface area contributed by atoms with Crippen molar-refractivity contribution in [2.75, 3.05) is 50.2 Å². The van der Waals surface area contributed by atoms with Crippen LogP contribution in [0.3, 0.4) is 0 Å². The molecule has 1 saturated heterocycles. The van der Waals surface area contributed by atoms with Crippen LogP contribution >= 0.6 is 0 Å². The van der Waals surface area contributed by atoms with Crippen molar-refractivity contribution in [3.63, 3.8) is 0 Å². The van der Waals surface area contributed by atoms with Crippen molar-refractivity contribution < 1.29 is 27.8 Å². The fourth-order valence-corrected chi connectivity index (χ4v) is 6.10. The molecular formula is C32H37F3N8O3. The molecule has 11 nitrogen and oxygen atoms in total. The summed E-state index contributed by atoms with van der Waals surface area (Å²) in [5.74, 6) is -0.0452. The number of aromatic amines is 1. The highest BCUT2D eigenvalue weighted by molar-refractivity contribution is 5.91. The number of carboxylic acid groups (broad SMARTS) is 1. The summed E-state index contributed by atoms with van der Waals surface area (Å²) in [5, 5.41) is 9.29. The summed E-state index contributed by atoms with van der Waals surface area (Å²) in [5.41, 5.74) is 2.08. The first kappa shape index (κ1) is 31.6. The number of rotatable bonds is 10. The lowest BCUT2D eigenvalue weighted by Gasteiger charge is -2.31. The van der Waals surface area contributed by atoms with Gasteiger partial charge < -0.3 is 24.6 Å². The lowest BCUT2D eigenvalue weighted by Crippen LogP contribution is -2.36. The van der Waals surface area contributed by atoms with Gasteiger partial charge in [-0.05, 0) is 43.9 Å². The van der Waals surface area contributed by atoms with E-state index in [1.54, 1.807) is 31.6 Å². The van der Waals surface area contributed by atoms with Gasteiger partial charge in [-0.2, -0.15) is 13.2 Å². The maximum absolute atomic E-state index is 13.9. The molecule has 0 unspecified atom stereocenters. The smallest absolute Gasteiger partial charge is 0.433 e. The fraction of sp³-hybridized carbons (Fsp3) is 0.500. The topological polar surface area (TPSA) is 133 Å². The zero-order valence-corrected chi connectivity index (χ0v) is 26.2. The predicted octanol–water partition coefficient (Wildman–Crippen LogP) is 5.78. The van der Waals surface area contributed by atoms with Crippen molar-refractivity contribution in [3.05, 3.63) is 42.0 Å². The number of fused-ring (bicyclic) bond motifs is 1. The first-order valence-electron chi connectivity index (χ1n) is 15.3. The molecule has 0 aromatic carbocycles. The van der Waals surface area contributed by atoms with Gasteiger partial charge in [-0.15, -0.1) is 0 Å².